The van der Waals surface area contributed by atoms with Crippen LogP contribution in [0.1, 0.15) is 89.2 Å². The minimum Gasteiger partial charge on any atom is -0.349 e. The van der Waals surface area contributed by atoms with Crippen LogP contribution in [0.4, 0.5) is 10.1 Å². The van der Waals surface area contributed by atoms with Gasteiger partial charge in [0.15, 0.2) is 0 Å². The van der Waals surface area contributed by atoms with Crippen LogP contribution in [0.15, 0.2) is 36.4 Å². The molecular formula is C34H38Cl2FN3O3. The van der Waals surface area contributed by atoms with E-state index in [1.165, 1.54) is 6.07 Å². The van der Waals surface area contributed by atoms with Crippen molar-refractivity contribution in [3.63, 3.8) is 0 Å². The molecule has 3 atom stereocenters. The highest BCUT2D eigenvalue weighted by Crippen LogP contribution is 2.71. The Morgan fingerprint density at radius 1 is 1.02 bits per heavy atom. The lowest BCUT2D eigenvalue weighted by atomic mass is 9.46. The van der Waals surface area contributed by atoms with Crippen LogP contribution in [-0.4, -0.2) is 46.7 Å². The third-order valence-electron chi connectivity index (χ3n) is 12.1. The standard InChI is InChI=1S/C34H38Cl2FN3O3/c1-19(41)31-10-13-32(14-11-31,15-12-31)39-28(42)27-25(21-6-5-7-23(36)26(21)37)34(33(40(27)4)17-30(2,3)18-33)22-9-8-20(35)16-24(22)38-29(34)43/h5-9,16,25,27H,10-15,17-18H2,1-4H3,(H,38,43)(H,39,42)/t25-,27+,31?,32?,34+/m0/s1. The van der Waals surface area contributed by atoms with E-state index in [-0.39, 0.29) is 39.0 Å². The van der Waals surface area contributed by atoms with Crippen molar-refractivity contribution in [1.29, 1.82) is 0 Å². The molecule has 2 heterocycles. The van der Waals surface area contributed by atoms with Gasteiger partial charge in [0.25, 0.3) is 0 Å². The molecule has 2 bridgehead atoms. The molecule has 0 aromatic heterocycles. The number of carbonyl (C=O) groups is 3. The smallest absolute Gasteiger partial charge is 0.238 e. The topological polar surface area (TPSA) is 78.5 Å². The van der Waals surface area contributed by atoms with Gasteiger partial charge in [-0.15, -0.1) is 0 Å². The molecular weight excluding hydrogens is 588 g/mol. The number of carbonyl (C=O) groups excluding carboxylic acids is 3. The number of halogens is 3. The Labute approximate surface area is 262 Å². The van der Waals surface area contributed by atoms with Crippen molar-refractivity contribution in [1.82, 2.24) is 10.2 Å². The van der Waals surface area contributed by atoms with Crippen LogP contribution in [0.25, 0.3) is 0 Å². The highest BCUT2D eigenvalue weighted by Gasteiger charge is 2.79. The summed E-state index contributed by atoms with van der Waals surface area (Å²) in [5.74, 6) is -1.67. The van der Waals surface area contributed by atoms with E-state index in [0.717, 1.165) is 44.1 Å². The van der Waals surface area contributed by atoms with Crippen molar-refractivity contribution in [3.05, 3.63) is 63.4 Å². The van der Waals surface area contributed by atoms with E-state index in [1.807, 2.05) is 13.1 Å². The quantitative estimate of drug-likeness (QED) is 0.393. The number of nitrogens with one attached hydrogen (secondary N) is 2. The number of ketones is 1. The number of anilines is 1. The lowest BCUT2D eigenvalue weighted by Gasteiger charge is -2.61. The second kappa shape index (κ2) is 9.27. The normalized spacial score (nSPS) is 35.1. The van der Waals surface area contributed by atoms with Crippen molar-refractivity contribution in [2.24, 2.45) is 10.8 Å². The van der Waals surface area contributed by atoms with E-state index in [9.17, 15) is 14.4 Å². The van der Waals surface area contributed by atoms with Gasteiger partial charge in [-0.05, 0) is 100 Å². The summed E-state index contributed by atoms with van der Waals surface area (Å²) < 4.78 is 16.2. The minimum absolute atomic E-state index is 0.0437. The number of hydrogen-bond donors (Lipinski definition) is 2. The average molecular weight is 627 g/mol. The van der Waals surface area contributed by atoms with E-state index >= 15 is 4.39 Å². The molecule has 228 valence electrons. The summed E-state index contributed by atoms with van der Waals surface area (Å²) in [6.07, 6.45) is 5.78. The number of rotatable bonds is 4. The van der Waals surface area contributed by atoms with Crippen molar-refractivity contribution in [2.45, 2.75) is 101 Å². The largest absolute Gasteiger partial charge is 0.349 e. The first-order valence-electron chi connectivity index (χ1n) is 15.3. The Kier molecular flexibility index (Phi) is 6.31. The van der Waals surface area contributed by atoms with Gasteiger partial charge in [0, 0.05) is 33.1 Å². The summed E-state index contributed by atoms with van der Waals surface area (Å²) in [5, 5.41) is 6.97. The number of amides is 2. The molecule has 2 aromatic rings. The number of nitrogens with zero attached hydrogens (tertiary/aromatic N) is 1. The fourth-order valence-electron chi connectivity index (χ4n) is 10.2. The Balaban J connectivity index is 1.39. The molecule has 4 aliphatic carbocycles. The predicted molar refractivity (Wildman–Crippen MR) is 165 cm³/mol. The zero-order valence-electron chi connectivity index (χ0n) is 25.1. The first-order chi connectivity index (χ1) is 20.2. The molecule has 5 fully saturated rings. The van der Waals surface area contributed by atoms with Crippen LogP contribution >= 0.6 is 23.2 Å². The van der Waals surface area contributed by atoms with Gasteiger partial charge in [-0.25, -0.2) is 4.39 Å². The maximum atomic E-state index is 16.2. The molecule has 2 N–H and O–H groups in total. The summed E-state index contributed by atoms with van der Waals surface area (Å²) in [7, 11) is 1.92. The van der Waals surface area contributed by atoms with Crippen LogP contribution in [0.3, 0.4) is 0 Å². The monoisotopic (exact) mass is 625 g/mol. The van der Waals surface area contributed by atoms with Gasteiger partial charge in [0.05, 0.1) is 11.1 Å². The van der Waals surface area contributed by atoms with Gasteiger partial charge in [-0.1, -0.05) is 55.2 Å². The fourth-order valence-corrected chi connectivity index (χ4v) is 10.5. The Bertz CT molecular complexity index is 1560. The van der Waals surface area contributed by atoms with Crippen molar-refractivity contribution >= 4 is 46.5 Å². The number of likely N-dealkylation sites (N-methyl/N-ethyl adjacent to an activating group) is 1. The van der Waals surface area contributed by atoms with Crippen molar-refractivity contribution < 1.29 is 18.8 Å². The van der Waals surface area contributed by atoms with E-state index in [0.29, 0.717) is 23.6 Å². The highest BCUT2D eigenvalue weighted by molar-refractivity contribution is 6.31. The Morgan fingerprint density at radius 3 is 2.28 bits per heavy atom. The maximum Gasteiger partial charge on any atom is 0.238 e. The SMILES string of the molecule is CC(=O)C12CCC(NC(=O)[C@H]3[C@H](c4cccc(Cl)c4F)[C@]4(C(=O)Nc5cc(Cl)ccc54)C4(CC(C)(C)C4)N3C)(CC1)CC2. The van der Waals surface area contributed by atoms with Gasteiger partial charge in [-0.2, -0.15) is 0 Å². The molecule has 8 rings (SSSR count). The summed E-state index contributed by atoms with van der Waals surface area (Å²) in [4.78, 5) is 43.9. The van der Waals surface area contributed by atoms with Gasteiger partial charge >= 0.3 is 0 Å². The third kappa shape index (κ3) is 3.77. The van der Waals surface area contributed by atoms with Crippen molar-refractivity contribution in [2.75, 3.05) is 12.4 Å². The van der Waals surface area contributed by atoms with E-state index in [1.54, 1.807) is 31.2 Å². The molecule has 6 nitrogen and oxygen atoms in total. The molecule has 2 amide bonds. The van der Waals surface area contributed by atoms with Gasteiger partial charge in [0.1, 0.15) is 17.0 Å². The number of likely N-dealkylation sites (tertiary alicyclic amines) is 1. The lowest BCUT2D eigenvalue weighted by Crippen LogP contribution is -2.68. The molecule has 0 radical (unpaired) electrons. The first-order valence-corrected chi connectivity index (χ1v) is 16.1. The van der Waals surface area contributed by atoms with Crippen LogP contribution < -0.4 is 10.6 Å². The van der Waals surface area contributed by atoms with E-state index in [2.05, 4.69) is 29.4 Å². The maximum absolute atomic E-state index is 16.2. The minimum atomic E-state index is -1.26. The molecule has 2 spiro atoms. The predicted octanol–water partition coefficient (Wildman–Crippen LogP) is 6.78. The summed E-state index contributed by atoms with van der Waals surface area (Å²) in [6, 6.07) is 9.40. The van der Waals surface area contributed by atoms with Crippen LogP contribution in [-0.2, 0) is 19.8 Å². The second-order valence-electron chi connectivity index (χ2n) is 14.8. The molecule has 0 unspecified atom stereocenters. The fraction of sp³-hybridized carbons (Fsp3) is 0.559. The molecule has 9 heteroatoms. The average Bonchev–Trinajstić information content (AvgIpc) is 3.35. The highest BCUT2D eigenvalue weighted by atomic mass is 35.5. The summed E-state index contributed by atoms with van der Waals surface area (Å²) in [5.41, 5.74) is -1.18. The lowest BCUT2D eigenvalue weighted by molar-refractivity contribution is -0.141. The number of hydrogen-bond acceptors (Lipinski definition) is 4. The van der Waals surface area contributed by atoms with Gasteiger partial charge in [0.2, 0.25) is 11.8 Å². The van der Waals surface area contributed by atoms with Gasteiger partial charge < -0.3 is 10.6 Å². The van der Waals surface area contributed by atoms with Crippen LogP contribution in [0.5, 0.6) is 0 Å². The summed E-state index contributed by atoms with van der Waals surface area (Å²) >= 11 is 12.8. The Hall–Kier alpha value is -2.48. The molecule has 4 saturated carbocycles. The van der Waals surface area contributed by atoms with Gasteiger partial charge in [-0.3, -0.25) is 19.3 Å². The van der Waals surface area contributed by atoms with E-state index < -0.39 is 34.3 Å². The first kappa shape index (κ1) is 29.2. The number of benzene rings is 2. The second-order valence-corrected chi connectivity index (χ2v) is 15.6. The van der Waals surface area contributed by atoms with Crippen molar-refractivity contribution in [3.8, 4) is 0 Å². The number of fused-ring (bicyclic) bond motifs is 6. The zero-order valence-corrected chi connectivity index (χ0v) is 26.6. The zero-order chi connectivity index (χ0) is 30.7. The van der Waals surface area contributed by atoms with Crippen LogP contribution in [0.2, 0.25) is 10.0 Å². The summed E-state index contributed by atoms with van der Waals surface area (Å²) in [6.45, 7) is 6.02. The number of Topliss-reactive ketones (excluding diaryl/α,β-unsaturated/α-hetero) is 1. The molecule has 6 aliphatic rings. The van der Waals surface area contributed by atoms with Crippen LogP contribution in [0, 0.1) is 16.6 Å². The molecule has 1 saturated heterocycles. The molecule has 2 aromatic carbocycles. The third-order valence-corrected chi connectivity index (χ3v) is 12.7. The Morgan fingerprint density at radius 2 is 1.67 bits per heavy atom. The molecule has 2 aliphatic heterocycles. The van der Waals surface area contributed by atoms with E-state index in [4.69, 9.17) is 23.2 Å². The molecule has 43 heavy (non-hydrogen) atoms.